The molecule has 1 aromatic carbocycles. The van der Waals surface area contributed by atoms with E-state index in [1.165, 1.54) is 10.9 Å². The highest BCUT2D eigenvalue weighted by atomic mass is 32.2. The summed E-state index contributed by atoms with van der Waals surface area (Å²) in [6.45, 7) is 7.56. The Morgan fingerprint density at radius 2 is 1.63 bits per heavy atom. The fraction of sp³-hybridized carbons (Fsp3) is 0.639. The first-order valence-electron chi connectivity index (χ1n) is 18.2. The van der Waals surface area contributed by atoms with Gasteiger partial charge in [0, 0.05) is 35.3 Å². The molecule has 1 fully saturated rings. The van der Waals surface area contributed by atoms with Crippen LogP contribution in [0, 0.1) is 5.92 Å². The SMILES string of the molecule is CCc1c(SC[C@@H](C)NC(=O)CNC(=O)C(NC(=O)CNC(=O)CNC(=O)C(CC(O)CO)NCC2CCCN2C)C(C)CC)[nH]c2ccccc12. The number of aromatic nitrogens is 1. The predicted octanol–water partition coefficient (Wildman–Crippen LogP) is 0.00230. The van der Waals surface area contributed by atoms with Crippen LogP contribution in [0.25, 0.3) is 10.9 Å². The topological polar surface area (TPSA) is 217 Å². The molecule has 0 spiro atoms. The van der Waals surface area contributed by atoms with Crippen LogP contribution in [0.4, 0.5) is 0 Å². The molecule has 0 aliphatic carbocycles. The third-order valence-electron chi connectivity index (χ3n) is 9.42. The van der Waals surface area contributed by atoms with Crippen molar-refractivity contribution in [3.63, 3.8) is 0 Å². The molecule has 2 aromatic rings. The lowest BCUT2D eigenvalue weighted by Crippen LogP contribution is -2.54. The predicted molar refractivity (Wildman–Crippen MR) is 202 cm³/mol. The summed E-state index contributed by atoms with van der Waals surface area (Å²) < 4.78 is 0. The van der Waals surface area contributed by atoms with Crippen molar-refractivity contribution in [2.75, 3.05) is 52.1 Å². The summed E-state index contributed by atoms with van der Waals surface area (Å²) in [4.78, 5) is 69.5. The molecule has 1 aromatic heterocycles. The van der Waals surface area contributed by atoms with E-state index >= 15 is 0 Å². The van der Waals surface area contributed by atoms with Crippen molar-refractivity contribution < 1.29 is 34.2 Å². The van der Waals surface area contributed by atoms with Crippen LogP contribution in [0.1, 0.15) is 58.9 Å². The number of hydrogen-bond donors (Lipinski definition) is 9. The Kier molecular flexibility index (Phi) is 17.9. The first kappa shape index (κ1) is 42.7. The van der Waals surface area contributed by atoms with Gasteiger partial charge in [0.25, 0.3) is 0 Å². The van der Waals surface area contributed by atoms with E-state index in [0.29, 0.717) is 18.7 Å². The second-order valence-corrected chi connectivity index (χ2v) is 14.6. The smallest absolute Gasteiger partial charge is 0.243 e. The van der Waals surface area contributed by atoms with Crippen LogP contribution in [-0.4, -0.2) is 132 Å². The van der Waals surface area contributed by atoms with E-state index in [-0.39, 0.29) is 36.9 Å². The number of para-hydroxylation sites is 1. The molecule has 15 nitrogen and oxygen atoms in total. The number of carbonyl (C=O) groups is 5. The third kappa shape index (κ3) is 13.4. The maximum atomic E-state index is 13.1. The van der Waals surface area contributed by atoms with E-state index in [0.717, 1.165) is 36.3 Å². The number of likely N-dealkylation sites (N-methyl/N-ethyl adjacent to an activating group) is 1. The Hall–Kier alpha value is -3.70. The van der Waals surface area contributed by atoms with Gasteiger partial charge in [-0.25, -0.2) is 0 Å². The number of benzene rings is 1. The minimum Gasteiger partial charge on any atom is -0.394 e. The lowest BCUT2D eigenvalue weighted by molar-refractivity contribution is -0.132. The highest BCUT2D eigenvalue weighted by Gasteiger charge is 2.28. The molecule has 0 bridgehead atoms. The lowest BCUT2D eigenvalue weighted by Gasteiger charge is -2.25. The second-order valence-electron chi connectivity index (χ2n) is 13.6. The second kappa shape index (κ2) is 21.7. The molecule has 52 heavy (non-hydrogen) atoms. The number of nitrogens with one attached hydrogen (secondary N) is 7. The van der Waals surface area contributed by atoms with E-state index in [2.05, 4.69) is 54.8 Å². The molecular formula is C36H58N8O7S. The summed E-state index contributed by atoms with van der Waals surface area (Å²) >= 11 is 1.63. The maximum Gasteiger partial charge on any atom is 0.243 e. The molecule has 1 aliphatic heterocycles. The lowest BCUT2D eigenvalue weighted by atomic mass is 9.98. The maximum absolute atomic E-state index is 13.1. The van der Waals surface area contributed by atoms with Gasteiger partial charge in [0.15, 0.2) is 0 Å². The summed E-state index contributed by atoms with van der Waals surface area (Å²) in [5, 5.41) is 37.8. The van der Waals surface area contributed by atoms with Gasteiger partial charge in [-0.2, -0.15) is 0 Å². The van der Waals surface area contributed by atoms with Crippen LogP contribution in [0.3, 0.4) is 0 Å². The molecule has 0 radical (unpaired) electrons. The quantitative estimate of drug-likeness (QED) is 0.0736. The number of aliphatic hydroxyl groups is 2. The van der Waals surface area contributed by atoms with Gasteiger partial charge in [-0.1, -0.05) is 45.4 Å². The van der Waals surface area contributed by atoms with Crippen LogP contribution >= 0.6 is 11.8 Å². The fourth-order valence-corrected chi connectivity index (χ4v) is 7.22. The van der Waals surface area contributed by atoms with Crippen molar-refractivity contribution in [1.29, 1.82) is 0 Å². The zero-order valence-corrected chi connectivity index (χ0v) is 31.9. The number of aliphatic hydroxyl groups excluding tert-OH is 2. The van der Waals surface area contributed by atoms with Gasteiger partial charge in [-0.05, 0) is 63.7 Å². The Balaban J connectivity index is 1.41. The summed E-state index contributed by atoms with van der Waals surface area (Å²) in [5.74, 6) is -2.25. The van der Waals surface area contributed by atoms with Gasteiger partial charge in [-0.3, -0.25) is 24.0 Å². The number of aryl methyl sites for hydroxylation is 1. The Bertz CT molecular complexity index is 1490. The molecule has 2 heterocycles. The third-order valence-corrected chi connectivity index (χ3v) is 10.7. The van der Waals surface area contributed by atoms with Crippen molar-refractivity contribution in [1.82, 2.24) is 41.8 Å². The van der Waals surface area contributed by atoms with Gasteiger partial charge in [0.2, 0.25) is 29.5 Å². The highest BCUT2D eigenvalue weighted by Crippen LogP contribution is 2.30. The zero-order chi connectivity index (χ0) is 38.2. The number of rotatable bonds is 22. The average Bonchev–Trinajstić information content (AvgIpc) is 3.72. The van der Waals surface area contributed by atoms with Gasteiger partial charge in [-0.15, -0.1) is 11.8 Å². The summed E-state index contributed by atoms with van der Waals surface area (Å²) in [7, 11) is 2.00. The van der Waals surface area contributed by atoms with E-state index in [1.807, 2.05) is 39.1 Å². The molecule has 3 rings (SSSR count). The van der Waals surface area contributed by atoms with Crippen LogP contribution < -0.4 is 31.9 Å². The summed E-state index contributed by atoms with van der Waals surface area (Å²) in [5.41, 5.74) is 2.32. The number of carbonyl (C=O) groups excluding carboxylic acids is 5. The highest BCUT2D eigenvalue weighted by molar-refractivity contribution is 7.99. The number of likely N-dealkylation sites (tertiary alicyclic amines) is 1. The molecule has 5 amide bonds. The zero-order valence-electron chi connectivity index (χ0n) is 31.0. The molecule has 1 saturated heterocycles. The number of fused-ring (bicyclic) bond motifs is 1. The monoisotopic (exact) mass is 746 g/mol. The van der Waals surface area contributed by atoms with E-state index in [9.17, 15) is 34.2 Å². The number of nitrogens with zero attached hydrogens (tertiary/aromatic N) is 1. The van der Waals surface area contributed by atoms with Gasteiger partial charge in [0.05, 0.1) is 43.4 Å². The van der Waals surface area contributed by atoms with Crippen molar-refractivity contribution in [3.05, 3.63) is 29.8 Å². The van der Waals surface area contributed by atoms with Gasteiger partial charge in [0.1, 0.15) is 6.04 Å². The largest absolute Gasteiger partial charge is 0.394 e. The van der Waals surface area contributed by atoms with Crippen LogP contribution in [0.15, 0.2) is 29.3 Å². The Labute approximate surface area is 310 Å². The molecule has 9 N–H and O–H groups in total. The Morgan fingerprint density at radius 1 is 0.962 bits per heavy atom. The van der Waals surface area contributed by atoms with Crippen molar-refractivity contribution in [2.24, 2.45) is 5.92 Å². The van der Waals surface area contributed by atoms with Crippen molar-refractivity contribution >= 4 is 52.2 Å². The molecule has 290 valence electrons. The first-order valence-corrected chi connectivity index (χ1v) is 19.2. The standard InChI is InChI=1S/C36H58N8O7S/c1-6-22(3)33(35(51)40-19-31(48)41-23(4)21-52-36-26(7-2)27-12-8-9-13-28(27)42-36)43-32(49)18-38-30(47)17-39-34(50)29(15-25(46)20-45)37-16-24-11-10-14-44(24)5/h8-9,12-13,22-25,29,33,37,42,45-46H,6-7,10-11,14-21H2,1-5H3,(H,38,47)(H,39,50)(H,40,51)(H,41,48)(H,43,49)/t22?,23-,24?,25?,29?,33?/m1/s1. The minimum absolute atomic E-state index is 0.0345. The molecule has 0 saturated carbocycles. The molecule has 6 atom stereocenters. The number of amides is 5. The van der Waals surface area contributed by atoms with E-state index in [1.54, 1.807) is 18.7 Å². The van der Waals surface area contributed by atoms with E-state index in [4.69, 9.17) is 0 Å². The minimum atomic E-state index is -1.11. The number of thioether (sulfide) groups is 1. The Morgan fingerprint density at radius 3 is 2.31 bits per heavy atom. The fourth-order valence-electron chi connectivity index (χ4n) is 6.11. The number of H-pyrrole nitrogens is 1. The van der Waals surface area contributed by atoms with Crippen LogP contribution in [0.2, 0.25) is 0 Å². The average molecular weight is 747 g/mol. The summed E-state index contributed by atoms with van der Waals surface area (Å²) in [6.07, 6.45) is 2.35. The van der Waals surface area contributed by atoms with Gasteiger partial charge >= 0.3 is 0 Å². The molecule has 1 aliphatic rings. The van der Waals surface area contributed by atoms with Crippen molar-refractivity contribution in [2.45, 2.75) is 95.1 Å². The molecule has 5 unspecified atom stereocenters. The van der Waals surface area contributed by atoms with Crippen molar-refractivity contribution in [3.8, 4) is 0 Å². The molecule has 16 heteroatoms. The summed E-state index contributed by atoms with van der Waals surface area (Å²) in [6, 6.07) is 6.45. The number of hydrogen-bond acceptors (Lipinski definition) is 10. The van der Waals surface area contributed by atoms with Gasteiger partial charge < -0.3 is 52.0 Å². The van der Waals surface area contributed by atoms with Crippen LogP contribution in [-0.2, 0) is 30.4 Å². The normalized spacial score (nSPS) is 17.5. The number of aromatic amines is 1. The van der Waals surface area contributed by atoms with E-state index < -0.39 is 61.5 Å². The van der Waals surface area contributed by atoms with Crippen LogP contribution in [0.5, 0.6) is 0 Å². The molecular weight excluding hydrogens is 689 g/mol. The first-order chi connectivity index (χ1) is 24.9.